The van der Waals surface area contributed by atoms with E-state index >= 15 is 0 Å². The van der Waals surface area contributed by atoms with Crippen LogP contribution in [-0.2, 0) is 16.1 Å². The van der Waals surface area contributed by atoms with Gasteiger partial charge in [0, 0.05) is 4.88 Å². The number of amides is 2. The molecule has 1 atom stereocenters. The summed E-state index contributed by atoms with van der Waals surface area (Å²) < 4.78 is 16.3. The van der Waals surface area contributed by atoms with Crippen LogP contribution in [0.2, 0.25) is 5.02 Å². The van der Waals surface area contributed by atoms with Crippen LogP contribution in [0.1, 0.15) is 22.9 Å². The maximum Gasteiger partial charge on any atom is 0.312 e. The molecule has 0 saturated heterocycles. The highest BCUT2D eigenvalue weighted by Crippen LogP contribution is 2.38. The van der Waals surface area contributed by atoms with Gasteiger partial charge in [0.15, 0.2) is 11.5 Å². The summed E-state index contributed by atoms with van der Waals surface area (Å²) in [4.78, 5) is 24.2. The fraction of sp³-hybridized carbons (Fsp3) is 0.294. The van der Waals surface area contributed by atoms with E-state index in [0.717, 1.165) is 4.88 Å². The van der Waals surface area contributed by atoms with Crippen LogP contribution in [0.15, 0.2) is 29.6 Å². The van der Waals surface area contributed by atoms with Crippen molar-refractivity contribution in [1.29, 1.82) is 0 Å². The molecular weight excluding hydrogens is 380 g/mol. The van der Waals surface area contributed by atoms with Crippen molar-refractivity contribution in [3.05, 3.63) is 45.1 Å². The Labute approximate surface area is 159 Å². The van der Waals surface area contributed by atoms with Crippen LogP contribution in [0.3, 0.4) is 0 Å². The van der Waals surface area contributed by atoms with Crippen molar-refractivity contribution in [2.45, 2.75) is 19.1 Å². The molecule has 26 heavy (non-hydrogen) atoms. The Morgan fingerprint density at radius 3 is 2.88 bits per heavy atom. The standard InChI is InChI=1S/C17H17ClN2O5S/c18-11-6-10(7-13-16(11)24-4-3-23-13)9-25-15(21)8-12(20-17(19)22)14-2-1-5-26-14/h1-2,5-7,12H,3-4,8-9H2,(H3,19,20,22)/t12-/m0/s1. The number of rotatable bonds is 6. The summed E-state index contributed by atoms with van der Waals surface area (Å²) in [6, 6.07) is 5.82. The molecule has 2 amide bonds. The zero-order valence-electron chi connectivity index (χ0n) is 13.7. The molecule has 0 bridgehead atoms. The average Bonchev–Trinajstić information content (AvgIpc) is 3.14. The highest BCUT2D eigenvalue weighted by molar-refractivity contribution is 7.10. The number of ether oxygens (including phenoxy) is 3. The van der Waals surface area contributed by atoms with Gasteiger partial charge in [0.25, 0.3) is 0 Å². The molecule has 0 saturated carbocycles. The zero-order chi connectivity index (χ0) is 18.5. The number of hydrogen-bond donors (Lipinski definition) is 2. The van der Waals surface area contributed by atoms with Gasteiger partial charge in [-0.25, -0.2) is 4.79 Å². The second-order valence-corrected chi connectivity index (χ2v) is 6.93. The predicted octanol–water partition coefficient (Wildman–Crippen LogP) is 3.02. The quantitative estimate of drug-likeness (QED) is 0.731. The number of hydrogen-bond acceptors (Lipinski definition) is 6. The van der Waals surface area contributed by atoms with Crippen molar-refractivity contribution < 1.29 is 23.8 Å². The third-order valence-corrected chi connectivity index (χ3v) is 4.90. The summed E-state index contributed by atoms with van der Waals surface area (Å²) in [5.41, 5.74) is 5.87. The number of halogens is 1. The monoisotopic (exact) mass is 396 g/mol. The van der Waals surface area contributed by atoms with Gasteiger partial charge in [-0.05, 0) is 29.1 Å². The van der Waals surface area contributed by atoms with Crippen LogP contribution < -0.4 is 20.5 Å². The van der Waals surface area contributed by atoms with Crippen molar-refractivity contribution in [3.8, 4) is 11.5 Å². The van der Waals surface area contributed by atoms with E-state index < -0.39 is 18.0 Å². The van der Waals surface area contributed by atoms with E-state index in [4.69, 9.17) is 31.5 Å². The number of urea groups is 1. The largest absolute Gasteiger partial charge is 0.486 e. The van der Waals surface area contributed by atoms with Crippen LogP contribution in [0, 0.1) is 0 Å². The number of fused-ring (bicyclic) bond motifs is 1. The summed E-state index contributed by atoms with van der Waals surface area (Å²) in [5.74, 6) is 0.557. The van der Waals surface area contributed by atoms with Crippen LogP contribution >= 0.6 is 22.9 Å². The van der Waals surface area contributed by atoms with Crippen LogP contribution in [-0.4, -0.2) is 25.2 Å². The van der Waals surface area contributed by atoms with Gasteiger partial charge in [-0.1, -0.05) is 17.7 Å². The van der Waals surface area contributed by atoms with Crippen molar-refractivity contribution in [3.63, 3.8) is 0 Å². The molecule has 3 N–H and O–H groups in total. The number of thiophene rings is 1. The van der Waals surface area contributed by atoms with E-state index in [9.17, 15) is 9.59 Å². The molecule has 2 aromatic rings. The van der Waals surface area contributed by atoms with E-state index in [1.54, 1.807) is 12.1 Å². The molecule has 0 radical (unpaired) electrons. The van der Waals surface area contributed by atoms with E-state index in [1.165, 1.54) is 11.3 Å². The average molecular weight is 397 g/mol. The summed E-state index contributed by atoms with van der Waals surface area (Å²) in [6.45, 7) is 0.912. The maximum absolute atomic E-state index is 12.2. The first-order valence-corrected chi connectivity index (χ1v) is 9.11. The minimum Gasteiger partial charge on any atom is -0.486 e. The smallest absolute Gasteiger partial charge is 0.312 e. The summed E-state index contributed by atoms with van der Waals surface area (Å²) in [6.07, 6.45) is -0.0261. The lowest BCUT2D eigenvalue weighted by molar-refractivity contribution is -0.145. The van der Waals surface area contributed by atoms with Gasteiger partial charge < -0.3 is 25.3 Å². The first-order valence-electron chi connectivity index (χ1n) is 7.86. The van der Waals surface area contributed by atoms with Gasteiger partial charge in [-0.3, -0.25) is 4.79 Å². The summed E-state index contributed by atoms with van der Waals surface area (Å²) in [5, 5.41) is 4.81. The molecular formula is C17H17ClN2O5S. The SMILES string of the molecule is NC(=O)N[C@@H](CC(=O)OCc1cc(Cl)c2c(c1)OCCO2)c1cccs1. The number of primary amides is 1. The first kappa shape index (κ1) is 18.3. The molecule has 0 aliphatic carbocycles. The van der Waals surface area contributed by atoms with E-state index in [2.05, 4.69) is 5.32 Å². The number of esters is 1. The van der Waals surface area contributed by atoms with Gasteiger partial charge in [-0.15, -0.1) is 11.3 Å². The highest BCUT2D eigenvalue weighted by Gasteiger charge is 2.20. The van der Waals surface area contributed by atoms with Gasteiger partial charge in [0.1, 0.15) is 19.8 Å². The number of carbonyl (C=O) groups is 2. The summed E-state index contributed by atoms with van der Waals surface area (Å²) >= 11 is 7.59. The number of nitrogens with two attached hydrogens (primary N) is 1. The Balaban J connectivity index is 1.61. The van der Waals surface area contributed by atoms with Gasteiger partial charge in [0.05, 0.1) is 17.5 Å². The highest BCUT2D eigenvalue weighted by atomic mass is 35.5. The fourth-order valence-electron chi connectivity index (χ4n) is 2.52. The number of benzene rings is 1. The molecule has 3 rings (SSSR count). The second-order valence-electron chi connectivity index (χ2n) is 5.54. The molecule has 1 aromatic carbocycles. The molecule has 1 aliphatic rings. The van der Waals surface area contributed by atoms with E-state index in [0.29, 0.717) is 35.3 Å². The van der Waals surface area contributed by atoms with Gasteiger partial charge >= 0.3 is 12.0 Å². The van der Waals surface area contributed by atoms with Crippen molar-refractivity contribution >= 4 is 34.9 Å². The first-order chi connectivity index (χ1) is 12.5. The van der Waals surface area contributed by atoms with Gasteiger partial charge in [0.2, 0.25) is 0 Å². The molecule has 1 aliphatic heterocycles. The molecule has 0 spiro atoms. The van der Waals surface area contributed by atoms with Gasteiger partial charge in [-0.2, -0.15) is 0 Å². The van der Waals surface area contributed by atoms with E-state index in [-0.39, 0.29) is 13.0 Å². The molecule has 0 fully saturated rings. The molecule has 9 heteroatoms. The van der Waals surface area contributed by atoms with Crippen LogP contribution in [0.4, 0.5) is 4.79 Å². The lowest BCUT2D eigenvalue weighted by Crippen LogP contribution is -2.34. The number of nitrogens with one attached hydrogen (secondary N) is 1. The minimum atomic E-state index is -0.699. The topological polar surface area (TPSA) is 99.9 Å². The predicted molar refractivity (Wildman–Crippen MR) is 96.6 cm³/mol. The lowest BCUT2D eigenvalue weighted by Gasteiger charge is -2.20. The Morgan fingerprint density at radius 2 is 2.15 bits per heavy atom. The van der Waals surface area contributed by atoms with Crippen molar-refractivity contribution in [1.82, 2.24) is 5.32 Å². The van der Waals surface area contributed by atoms with Crippen molar-refractivity contribution in [2.24, 2.45) is 5.73 Å². The third kappa shape index (κ3) is 4.59. The lowest BCUT2D eigenvalue weighted by atomic mass is 10.1. The fourth-order valence-corrected chi connectivity index (χ4v) is 3.59. The maximum atomic E-state index is 12.2. The Hall–Kier alpha value is -2.45. The molecule has 2 heterocycles. The van der Waals surface area contributed by atoms with E-state index in [1.807, 2.05) is 17.5 Å². The number of carbonyl (C=O) groups excluding carboxylic acids is 2. The molecule has 7 nitrogen and oxygen atoms in total. The second kappa shape index (κ2) is 8.29. The Kier molecular flexibility index (Phi) is 5.85. The van der Waals surface area contributed by atoms with Crippen LogP contribution in [0.5, 0.6) is 11.5 Å². The molecule has 0 unspecified atom stereocenters. The molecule has 138 valence electrons. The van der Waals surface area contributed by atoms with Crippen LogP contribution in [0.25, 0.3) is 0 Å². The normalized spacial score (nSPS) is 13.7. The Bertz CT molecular complexity index is 797. The third-order valence-electron chi connectivity index (χ3n) is 3.63. The zero-order valence-corrected chi connectivity index (χ0v) is 15.3. The molecule has 1 aromatic heterocycles. The Morgan fingerprint density at radius 1 is 1.35 bits per heavy atom. The van der Waals surface area contributed by atoms with Crippen molar-refractivity contribution in [2.75, 3.05) is 13.2 Å². The summed E-state index contributed by atoms with van der Waals surface area (Å²) in [7, 11) is 0. The minimum absolute atomic E-state index is 0.0261.